The molecular weight excluding hydrogens is 373 g/mol. The molecule has 1 aliphatic rings. The van der Waals surface area contributed by atoms with Crippen molar-refractivity contribution in [3.05, 3.63) is 17.8 Å². The lowest BCUT2D eigenvalue weighted by molar-refractivity contribution is -0.127. The van der Waals surface area contributed by atoms with Gasteiger partial charge in [0.05, 0.1) is 6.61 Å². The number of allylic oxidation sites excluding steroid dienone is 1. The molecule has 0 unspecified atom stereocenters. The number of hydrogen-bond acceptors (Lipinski definition) is 7. The Morgan fingerprint density at radius 3 is 2.50 bits per heavy atom. The lowest BCUT2D eigenvalue weighted by atomic mass is 10.3. The molecule has 0 bridgehead atoms. The van der Waals surface area contributed by atoms with E-state index in [2.05, 4.69) is 10.3 Å². The topological polar surface area (TPSA) is 74.8 Å². The molecule has 26 heavy (non-hydrogen) atoms. The van der Waals surface area contributed by atoms with E-state index in [0.717, 1.165) is 0 Å². The Morgan fingerprint density at radius 1 is 1.31 bits per heavy atom. The first kappa shape index (κ1) is 20.0. The molecule has 0 spiro atoms. The zero-order valence-corrected chi connectivity index (χ0v) is 15.1. The van der Waals surface area contributed by atoms with E-state index in [1.165, 1.54) is 16.2 Å². The van der Waals surface area contributed by atoms with Crippen LogP contribution in [0, 0.1) is 0 Å². The normalized spacial score (nSPS) is 15.4. The van der Waals surface area contributed by atoms with Crippen LogP contribution in [0.5, 0.6) is 0 Å². The first-order chi connectivity index (χ1) is 12.2. The Kier molecular flexibility index (Phi) is 6.46. The smallest absolute Gasteiger partial charge is 0.409 e. The largest absolute Gasteiger partial charge is 0.461 e. The first-order valence-corrected chi connectivity index (χ1v) is 8.72. The van der Waals surface area contributed by atoms with Gasteiger partial charge < -0.3 is 19.9 Å². The van der Waals surface area contributed by atoms with Crippen molar-refractivity contribution in [2.45, 2.75) is 13.1 Å². The minimum Gasteiger partial charge on any atom is -0.461 e. The van der Waals surface area contributed by atoms with Gasteiger partial charge in [-0.15, -0.1) is 0 Å². The van der Waals surface area contributed by atoms with Crippen LogP contribution in [0.25, 0.3) is 0 Å². The van der Waals surface area contributed by atoms with E-state index in [4.69, 9.17) is 4.74 Å². The van der Waals surface area contributed by atoms with Gasteiger partial charge in [-0.1, -0.05) is 11.3 Å². The summed E-state index contributed by atoms with van der Waals surface area (Å²) in [4.78, 5) is 31.2. The number of aromatic nitrogens is 1. The van der Waals surface area contributed by atoms with Crippen molar-refractivity contribution in [1.29, 1.82) is 0 Å². The van der Waals surface area contributed by atoms with Crippen LogP contribution in [0.4, 0.5) is 23.3 Å². The molecule has 2 heterocycles. The number of hydrogen-bond donors (Lipinski definition) is 1. The molecule has 0 atom stereocenters. The quantitative estimate of drug-likeness (QED) is 0.611. The van der Waals surface area contributed by atoms with Gasteiger partial charge in [-0.25, -0.2) is 9.78 Å². The zero-order valence-electron chi connectivity index (χ0n) is 14.3. The van der Waals surface area contributed by atoms with Crippen LogP contribution < -0.4 is 10.2 Å². The van der Waals surface area contributed by atoms with Crippen molar-refractivity contribution in [2.24, 2.45) is 0 Å². The van der Waals surface area contributed by atoms with Crippen molar-refractivity contribution in [1.82, 2.24) is 9.88 Å². The van der Waals surface area contributed by atoms with Crippen LogP contribution in [0.2, 0.25) is 0 Å². The number of thiazole rings is 1. The number of nitrogens with one attached hydrogen (secondary N) is 1. The van der Waals surface area contributed by atoms with E-state index in [-0.39, 0.29) is 31.5 Å². The lowest BCUT2D eigenvalue weighted by Crippen LogP contribution is -2.48. The Morgan fingerprint density at radius 2 is 1.96 bits per heavy atom. The summed E-state index contributed by atoms with van der Waals surface area (Å²) in [6, 6.07) is 0. The van der Waals surface area contributed by atoms with Gasteiger partial charge in [0, 0.05) is 45.4 Å². The predicted molar refractivity (Wildman–Crippen MR) is 91.6 cm³/mol. The van der Waals surface area contributed by atoms with Crippen LogP contribution >= 0.6 is 11.3 Å². The second-order valence-corrected chi connectivity index (χ2v) is 6.31. The summed E-state index contributed by atoms with van der Waals surface area (Å²) >= 11 is 1.28. The number of alkyl halides is 3. The van der Waals surface area contributed by atoms with Crippen molar-refractivity contribution in [3.63, 3.8) is 0 Å². The molecule has 0 radical (unpaired) electrons. The van der Waals surface area contributed by atoms with Gasteiger partial charge in [0.25, 0.3) is 0 Å². The van der Waals surface area contributed by atoms with Gasteiger partial charge >= 0.3 is 12.1 Å². The number of halogens is 3. The van der Waals surface area contributed by atoms with Crippen LogP contribution in [0.1, 0.15) is 17.4 Å². The summed E-state index contributed by atoms with van der Waals surface area (Å²) < 4.78 is 41.4. The van der Waals surface area contributed by atoms with E-state index in [0.29, 0.717) is 29.3 Å². The fraction of sp³-hybridized carbons (Fsp3) is 0.533. The fourth-order valence-electron chi connectivity index (χ4n) is 2.34. The van der Waals surface area contributed by atoms with Gasteiger partial charge in [0.2, 0.25) is 5.91 Å². The molecule has 0 aliphatic carbocycles. The molecule has 11 heteroatoms. The van der Waals surface area contributed by atoms with Crippen LogP contribution in [-0.4, -0.2) is 67.8 Å². The molecule has 144 valence electrons. The summed E-state index contributed by atoms with van der Waals surface area (Å²) in [5, 5.41) is 4.07. The summed E-state index contributed by atoms with van der Waals surface area (Å²) in [5.74, 6) is -1.20. The van der Waals surface area contributed by atoms with E-state index in [1.807, 2.05) is 4.90 Å². The molecule has 1 amide bonds. The van der Waals surface area contributed by atoms with E-state index in [9.17, 15) is 22.8 Å². The van der Waals surface area contributed by atoms with Crippen LogP contribution in [0.15, 0.2) is 12.2 Å². The Balaban J connectivity index is 2.00. The maximum absolute atomic E-state index is 12.1. The summed E-state index contributed by atoms with van der Waals surface area (Å²) in [6.45, 7) is 3.29. The number of nitrogens with zero attached hydrogens (tertiary/aromatic N) is 3. The standard InChI is InChI=1S/C15H19F3N4O3S/c1-3-25-13(24)11-12(19-2)26-14(20-11)22-8-6-21(7-9-22)10(23)4-5-15(16,17)18/h4-5,19H,3,6-9H2,1-2H3. The molecule has 2 rings (SSSR count). The average molecular weight is 392 g/mol. The minimum atomic E-state index is -4.51. The molecule has 1 aromatic rings. The van der Waals surface area contributed by atoms with Gasteiger partial charge in [0.1, 0.15) is 5.00 Å². The second-order valence-electron chi connectivity index (χ2n) is 5.33. The molecule has 1 aliphatic heterocycles. The summed E-state index contributed by atoms with van der Waals surface area (Å²) in [5.41, 5.74) is 0.195. The van der Waals surface area contributed by atoms with Crippen LogP contribution in [0.3, 0.4) is 0 Å². The Bertz CT molecular complexity index is 682. The van der Waals surface area contributed by atoms with Gasteiger partial charge in [0.15, 0.2) is 10.8 Å². The minimum absolute atomic E-state index is 0.0622. The van der Waals surface area contributed by atoms with E-state index in [1.54, 1.807) is 14.0 Å². The van der Waals surface area contributed by atoms with Crippen molar-refractivity contribution in [2.75, 3.05) is 50.1 Å². The highest BCUT2D eigenvalue weighted by Gasteiger charge is 2.27. The lowest BCUT2D eigenvalue weighted by Gasteiger charge is -2.34. The third-order valence-electron chi connectivity index (χ3n) is 3.59. The number of carbonyl (C=O) groups excluding carboxylic acids is 2. The van der Waals surface area contributed by atoms with Crippen molar-refractivity contribution < 1.29 is 27.5 Å². The SMILES string of the molecule is CCOC(=O)c1nc(N2CCN(C(=O)C=CC(F)(F)F)CC2)sc1NC. The highest BCUT2D eigenvalue weighted by molar-refractivity contribution is 7.19. The summed E-state index contributed by atoms with van der Waals surface area (Å²) in [6.07, 6.45) is -4.03. The Hall–Kier alpha value is -2.30. The number of carbonyl (C=O) groups is 2. The molecule has 1 aromatic heterocycles. The maximum Gasteiger partial charge on any atom is 0.409 e. The van der Waals surface area contributed by atoms with Crippen molar-refractivity contribution in [3.8, 4) is 0 Å². The van der Waals surface area contributed by atoms with E-state index < -0.39 is 18.1 Å². The van der Waals surface area contributed by atoms with E-state index >= 15 is 0 Å². The molecule has 1 N–H and O–H groups in total. The molecule has 1 saturated heterocycles. The van der Waals surface area contributed by atoms with Crippen molar-refractivity contribution >= 4 is 33.3 Å². The third-order valence-corrected chi connectivity index (χ3v) is 4.72. The maximum atomic E-state index is 12.1. The molecule has 0 saturated carbocycles. The average Bonchev–Trinajstić information content (AvgIpc) is 3.04. The number of esters is 1. The predicted octanol–water partition coefficient (Wildman–Crippen LogP) is 2.13. The van der Waals surface area contributed by atoms with Crippen LogP contribution in [-0.2, 0) is 9.53 Å². The monoisotopic (exact) mass is 392 g/mol. The highest BCUT2D eigenvalue weighted by atomic mass is 32.1. The summed E-state index contributed by atoms with van der Waals surface area (Å²) in [7, 11) is 1.67. The van der Waals surface area contributed by atoms with Gasteiger partial charge in [-0.3, -0.25) is 4.79 Å². The molecule has 0 aromatic carbocycles. The number of ether oxygens (including phenoxy) is 1. The Labute approximate surface area is 152 Å². The zero-order chi connectivity index (χ0) is 19.3. The third kappa shape index (κ3) is 5.10. The first-order valence-electron chi connectivity index (χ1n) is 7.90. The molecule has 7 nitrogen and oxygen atoms in total. The van der Waals surface area contributed by atoms with Gasteiger partial charge in [-0.05, 0) is 6.92 Å². The number of piperazine rings is 1. The molecule has 1 fully saturated rings. The number of rotatable bonds is 5. The highest BCUT2D eigenvalue weighted by Crippen LogP contribution is 2.32. The number of amides is 1. The van der Waals surface area contributed by atoms with Gasteiger partial charge in [-0.2, -0.15) is 13.2 Å². The second kappa shape index (κ2) is 8.39. The molecular formula is C15H19F3N4O3S. The number of anilines is 2. The fourth-order valence-corrected chi connectivity index (χ4v) is 3.30.